The fourth-order valence-electron chi connectivity index (χ4n) is 0.920. The lowest BCUT2D eigenvalue weighted by Gasteiger charge is -2.08. The molecule has 0 radical (unpaired) electrons. The van der Waals surface area contributed by atoms with Crippen LogP contribution in [0.1, 0.15) is 17.4 Å². The van der Waals surface area contributed by atoms with Crippen LogP contribution in [0.25, 0.3) is 0 Å². The third-order valence-corrected chi connectivity index (χ3v) is 1.56. The maximum atomic E-state index is 12.2. The van der Waals surface area contributed by atoms with Gasteiger partial charge in [-0.15, -0.1) is 6.58 Å². The lowest BCUT2D eigenvalue weighted by atomic mass is 10.1. The summed E-state index contributed by atoms with van der Waals surface area (Å²) in [5, 5.41) is 0. The van der Waals surface area contributed by atoms with Gasteiger partial charge in [-0.3, -0.25) is 0 Å². The Morgan fingerprint density at radius 3 is 2.62 bits per heavy atom. The molecule has 1 atom stereocenters. The molecule has 0 saturated heterocycles. The van der Waals surface area contributed by atoms with Crippen LogP contribution in [0.15, 0.2) is 29.4 Å². The van der Waals surface area contributed by atoms with Crippen molar-refractivity contribution in [3.8, 4) is 0 Å². The third kappa shape index (κ3) is 1.92. The van der Waals surface area contributed by atoms with Crippen LogP contribution in [-0.4, -0.2) is 0 Å². The highest BCUT2D eigenvalue weighted by molar-refractivity contribution is 5.25. The average Bonchev–Trinajstić information content (AvgIpc) is 2.49. The Bertz CT molecular complexity index is 303. The van der Waals surface area contributed by atoms with E-state index >= 15 is 0 Å². The van der Waals surface area contributed by atoms with Gasteiger partial charge < -0.3 is 10.2 Å². The molecule has 0 fully saturated rings. The van der Waals surface area contributed by atoms with Crippen LogP contribution in [0.5, 0.6) is 0 Å². The molecule has 1 heterocycles. The summed E-state index contributed by atoms with van der Waals surface area (Å²) in [5.41, 5.74) is 4.48. The van der Waals surface area contributed by atoms with Crippen molar-refractivity contribution >= 4 is 0 Å². The summed E-state index contributed by atoms with van der Waals surface area (Å²) >= 11 is 0. The van der Waals surface area contributed by atoms with Gasteiger partial charge in [0.2, 0.25) is 0 Å². The summed E-state index contributed by atoms with van der Waals surface area (Å²) in [7, 11) is 0. The number of halogens is 3. The lowest BCUT2D eigenvalue weighted by Crippen LogP contribution is -2.13. The lowest BCUT2D eigenvalue weighted by molar-refractivity contribution is -0.138. The maximum absolute atomic E-state index is 12.2. The standard InChI is InChI=1S/C8H8F3NO/c1-2-6(12)7-5(3-4-13-7)8(9,10)11/h2-4,6H,1,12H2/t6-/m0/s1. The van der Waals surface area contributed by atoms with Gasteiger partial charge in [-0.05, 0) is 6.07 Å². The Labute approximate surface area is 72.8 Å². The van der Waals surface area contributed by atoms with Crippen LogP contribution in [0.3, 0.4) is 0 Å². The van der Waals surface area contributed by atoms with Crippen molar-refractivity contribution < 1.29 is 17.6 Å². The smallest absolute Gasteiger partial charge is 0.419 e. The van der Waals surface area contributed by atoms with Crippen LogP contribution < -0.4 is 5.73 Å². The molecule has 0 aromatic carbocycles. The van der Waals surface area contributed by atoms with Crippen molar-refractivity contribution in [2.24, 2.45) is 5.73 Å². The Kier molecular flexibility index (Phi) is 2.47. The summed E-state index contributed by atoms with van der Waals surface area (Å²) in [6.07, 6.45) is -2.28. The molecular formula is C8H8F3NO. The molecule has 0 unspecified atom stereocenters. The zero-order valence-corrected chi connectivity index (χ0v) is 6.64. The number of alkyl halides is 3. The quantitative estimate of drug-likeness (QED) is 0.729. The van der Waals surface area contributed by atoms with E-state index in [-0.39, 0.29) is 5.76 Å². The largest absolute Gasteiger partial charge is 0.467 e. The second kappa shape index (κ2) is 3.26. The van der Waals surface area contributed by atoms with Gasteiger partial charge in [-0.1, -0.05) is 6.08 Å². The second-order valence-corrected chi connectivity index (χ2v) is 2.46. The van der Waals surface area contributed by atoms with Gasteiger partial charge in [0.15, 0.2) is 0 Å². The van der Waals surface area contributed by atoms with Gasteiger partial charge in [0.25, 0.3) is 0 Å². The molecular weight excluding hydrogens is 183 g/mol. The van der Waals surface area contributed by atoms with Gasteiger partial charge >= 0.3 is 6.18 Å². The molecule has 1 aromatic heterocycles. The molecule has 0 saturated carbocycles. The Morgan fingerprint density at radius 1 is 1.54 bits per heavy atom. The van der Waals surface area contributed by atoms with E-state index in [1.165, 1.54) is 6.08 Å². The highest BCUT2D eigenvalue weighted by atomic mass is 19.4. The Hall–Kier alpha value is -1.23. The summed E-state index contributed by atoms with van der Waals surface area (Å²) in [4.78, 5) is 0. The highest BCUT2D eigenvalue weighted by Gasteiger charge is 2.36. The summed E-state index contributed by atoms with van der Waals surface area (Å²) in [6.45, 7) is 3.29. The minimum atomic E-state index is -4.43. The first-order valence-electron chi connectivity index (χ1n) is 3.49. The molecule has 13 heavy (non-hydrogen) atoms. The summed E-state index contributed by atoms with van der Waals surface area (Å²) in [5.74, 6) is -0.303. The maximum Gasteiger partial charge on any atom is 0.419 e. The molecule has 2 nitrogen and oxygen atoms in total. The van der Waals surface area contributed by atoms with Crippen LogP contribution >= 0.6 is 0 Å². The molecule has 0 bridgehead atoms. The van der Waals surface area contributed by atoms with Crippen LogP contribution in [-0.2, 0) is 6.18 Å². The van der Waals surface area contributed by atoms with Gasteiger partial charge in [0, 0.05) is 0 Å². The second-order valence-electron chi connectivity index (χ2n) is 2.46. The van der Waals surface area contributed by atoms with Gasteiger partial charge in [0.1, 0.15) is 5.76 Å². The highest BCUT2D eigenvalue weighted by Crippen LogP contribution is 2.34. The van der Waals surface area contributed by atoms with Crippen molar-refractivity contribution in [3.05, 3.63) is 36.3 Å². The minimum absolute atomic E-state index is 0.303. The molecule has 1 aromatic rings. The molecule has 72 valence electrons. The topological polar surface area (TPSA) is 39.2 Å². The van der Waals surface area contributed by atoms with E-state index in [4.69, 9.17) is 5.73 Å². The average molecular weight is 191 g/mol. The molecule has 0 spiro atoms. The van der Waals surface area contributed by atoms with Crippen molar-refractivity contribution in [2.75, 3.05) is 0 Å². The Morgan fingerprint density at radius 2 is 2.15 bits per heavy atom. The van der Waals surface area contributed by atoms with E-state index in [1.54, 1.807) is 0 Å². The molecule has 0 aliphatic rings. The van der Waals surface area contributed by atoms with Crippen LogP contribution in [0.4, 0.5) is 13.2 Å². The van der Waals surface area contributed by atoms with E-state index in [2.05, 4.69) is 11.0 Å². The van der Waals surface area contributed by atoms with Gasteiger partial charge in [-0.2, -0.15) is 13.2 Å². The number of nitrogens with two attached hydrogens (primary N) is 1. The predicted octanol–water partition coefficient (Wildman–Crippen LogP) is 2.48. The van der Waals surface area contributed by atoms with Crippen LogP contribution in [0, 0.1) is 0 Å². The number of hydrogen-bond donors (Lipinski definition) is 1. The fourth-order valence-corrected chi connectivity index (χ4v) is 0.920. The number of rotatable bonds is 2. The zero-order valence-electron chi connectivity index (χ0n) is 6.64. The summed E-state index contributed by atoms with van der Waals surface area (Å²) < 4.78 is 41.3. The molecule has 0 amide bonds. The van der Waals surface area contributed by atoms with E-state index in [9.17, 15) is 13.2 Å². The molecule has 0 aliphatic heterocycles. The van der Waals surface area contributed by atoms with Crippen molar-refractivity contribution in [2.45, 2.75) is 12.2 Å². The van der Waals surface area contributed by atoms with Crippen molar-refractivity contribution in [1.29, 1.82) is 0 Å². The molecule has 0 aliphatic carbocycles. The first-order chi connectivity index (χ1) is 5.96. The van der Waals surface area contributed by atoms with Crippen LogP contribution in [0.2, 0.25) is 0 Å². The SMILES string of the molecule is C=C[C@H](N)c1occc1C(F)(F)F. The monoisotopic (exact) mass is 191 g/mol. The normalized spacial score (nSPS) is 14.2. The molecule has 1 rings (SSSR count). The van der Waals surface area contributed by atoms with Crippen molar-refractivity contribution in [3.63, 3.8) is 0 Å². The first-order valence-corrected chi connectivity index (χ1v) is 3.49. The number of furan rings is 1. The van der Waals surface area contributed by atoms with E-state index in [0.29, 0.717) is 0 Å². The van der Waals surface area contributed by atoms with Crippen molar-refractivity contribution in [1.82, 2.24) is 0 Å². The number of hydrogen-bond acceptors (Lipinski definition) is 2. The van der Waals surface area contributed by atoms with E-state index < -0.39 is 17.8 Å². The summed E-state index contributed by atoms with van der Waals surface area (Å²) in [6, 6.07) is -0.0785. The van der Waals surface area contributed by atoms with E-state index in [0.717, 1.165) is 12.3 Å². The fraction of sp³-hybridized carbons (Fsp3) is 0.250. The molecule has 5 heteroatoms. The predicted molar refractivity (Wildman–Crippen MR) is 40.8 cm³/mol. The first kappa shape index (κ1) is 9.85. The zero-order chi connectivity index (χ0) is 10.1. The third-order valence-electron chi connectivity index (χ3n) is 1.56. The Balaban J connectivity index is 3.10. The minimum Gasteiger partial charge on any atom is -0.467 e. The van der Waals surface area contributed by atoms with Gasteiger partial charge in [0.05, 0.1) is 17.9 Å². The molecule has 2 N–H and O–H groups in total. The van der Waals surface area contributed by atoms with E-state index in [1.807, 2.05) is 0 Å². The van der Waals surface area contributed by atoms with Gasteiger partial charge in [-0.25, -0.2) is 0 Å².